The maximum atomic E-state index is 12.7. The van der Waals surface area contributed by atoms with Crippen LogP contribution >= 0.6 is 0 Å². The van der Waals surface area contributed by atoms with Crippen molar-refractivity contribution in [3.05, 3.63) is 63.1 Å². The first-order valence-corrected chi connectivity index (χ1v) is 7.37. The lowest BCUT2D eigenvalue weighted by molar-refractivity contribution is -0.118. The van der Waals surface area contributed by atoms with Gasteiger partial charge in [0.15, 0.2) is 11.2 Å². The Morgan fingerprint density at radius 2 is 1.80 bits per heavy atom. The Morgan fingerprint density at radius 1 is 1.12 bits per heavy atom. The second kappa shape index (κ2) is 6.56. The van der Waals surface area contributed by atoms with Gasteiger partial charge in [0.25, 0.3) is 5.56 Å². The molecule has 0 aliphatic rings. The topological polar surface area (TPSA) is 122 Å². The van der Waals surface area contributed by atoms with Gasteiger partial charge in [-0.25, -0.2) is 14.8 Å². The second-order valence-corrected chi connectivity index (χ2v) is 5.30. The van der Waals surface area contributed by atoms with Crippen molar-refractivity contribution in [3.8, 4) is 5.75 Å². The lowest BCUT2D eigenvalue weighted by Gasteiger charge is -2.12. The van der Waals surface area contributed by atoms with Crippen LogP contribution in [0.1, 0.15) is 5.56 Å². The van der Waals surface area contributed by atoms with Crippen LogP contribution in [0, 0.1) is 0 Å². The van der Waals surface area contributed by atoms with Crippen molar-refractivity contribution in [2.24, 2.45) is 5.73 Å². The summed E-state index contributed by atoms with van der Waals surface area (Å²) in [7, 11) is 1.55. The number of benzene rings is 1. The predicted molar refractivity (Wildman–Crippen MR) is 89.3 cm³/mol. The van der Waals surface area contributed by atoms with Gasteiger partial charge in [-0.3, -0.25) is 18.7 Å². The molecule has 1 amide bonds. The number of aromatic nitrogens is 4. The minimum Gasteiger partial charge on any atom is -0.497 e. The quantitative estimate of drug-likeness (QED) is 0.667. The summed E-state index contributed by atoms with van der Waals surface area (Å²) < 4.78 is 7.14. The summed E-state index contributed by atoms with van der Waals surface area (Å²) in [6, 6.07) is 6.93. The molecule has 0 saturated carbocycles. The number of fused-ring (bicyclic) bond motifs is 1. The number of ether oxygens (including phenoxy) is 1. The van der Waals surface area contributed by atoms with E-state index < -0.39 is 23.7 Å². The van der Waals surface area contributed by atoms with Gasteiger partial charge in [-0.1, -0.05) is 12.1 Å². The molecular weight excluding hydrogens is 326 g/mol. The maximum Gasteiger partial charge on any atom is 0.333 e. The number of nitrogens with zero attached hydrogens (tertiary/aromatic N) is 4. The molecule has 3 aromatic rings. The third-order valence-corrected chi connectivity index (χ3v) is 3.66. The predicted octanol–water partition coefficient (Wildman–Crippen LogP) is -0.505. The van der Waals surface area contributed by atoms with Crippen molar-refractivity contribution in [2.45, 2.75) is 13.1 Å². The molecule has 0 aliphatic carbocycles. The van der Waals surface area contributed by atoms with E-state index in [0.29, 0.717) is 11.3 Å². The summed E-state index contributed by atoms with van der Waals surface area (Å²) in [4.78, 5) is 44.6. The fourth-order valence-electron chi connectivity index (χ4n) is 2.48. The van der Waals surface area contributed by atoms with E-state index in [1.54, 1.807) is 31.4 Å². The molecule has 0 radical (unpaired) electrons. The van der Waals surface area contributed by atoms with Crippen molar-refractivity contribution in [1.82, 2.24) is 19.1 Å². The molecule has 1 aromatic carbocycles. The second-order valence-electron chi connectivity index (χ2n) is 5.30. The Labute approximate surface area is 141 Å². The SMILES string of the molecule is COc1ccc(Cn2c(=O)c3nccnc3n(CC(N)=O)c2=O)cc1. The highest BCUT2D eigenvalue weighted by Gasteiger charge is 2.16. The van der Waals surface area contributed by atoms with Gasteiger partial charge >= 0.3 is 5.69 Å². The van der Waals surface area contributed by atoms with E-state index in [2.05, 4.69) is 9.97 Å². The molecular formula is C16H15N5O4. The number of carbonyl (C=O) groups excluding carboxylic acids is 1. The lowest BCUT2D eigenvalue weighted by Crippen LogP contribution is -2.42. The molecule has 25 heavy (non-hydrogen) atoms. The average Bonchev–Trinajstić information content (AvgIpc) is 2.62. The van der Waals surface area contributed by atoms with E-state index in [0.717, 1.165) is 9.13 Å². The molecule has 0 unspecified atom stereocenters. The van der Waals surface area contributed by atoms with E-state index >= 15 is 0 Å². The van der Waals surface area contributed by atoms with Crippen LogP contribution in [0.25, 0.3) is 11.2 Å². The van der Waals surface area contributed by atoms with Crippen LogP contribution in [-0.2, 0) is 17.9 Å². The first-order valence-electron chi connectivity index (χ1n) is 7.37. The molecule has 0 aliphatic heterocycles. The van der Waals surface area contributed by atoms with Crippen LogP contribution in [0.3, 0.4) is 0 Å². The van der Waals surface area contributed by atoms with Crippen LogP contribution in [0.4, 0.5) is 0 Å². The molecule has 128 valence electrons. The zero-order valence-corrected chi connectivity index (χ0v) is 13.4. The smallest absolute Gasteiger partial charge is 0.333 e. The number of carbonyl (C=O) groups is 1. The summed E-state index contributed by atoms with van der Waals surface area (Å²) in [5.74, 6) is -0.0599. The van der Waals surface area contributed by atoms with Crippen molar-refractivity contribution in [2.75, 3.05) is 7.11 Å². The summed E-state index contributed by atoms with van der Waals surface area (Å²) in [5, 5.41) is 0. The Bertz CT molecular complexity index is 1050. The maximum absolute atomic E-state index is 12.7. The fourth-order valence-corrected chi connectivity index (χ4v) is 2.48. The third kappa shape index (κ3) is 3.11. The first kappa shape index (κ1) is 16.4. The Balaban J connectivity index is 2.18. The largest absolute Gasteiger partial charge is 0.497 e. The summed E-state index contributed by atoms with van der Waals surface area (Å²) in [6.07, 6.45) is 2.69. The fraction of sp³-hybridized carbons (Fsp3) is 0.188. The van der Waals surface area contributed by atoms with E-state index in [-0.39, 0.29) is 17.7 Å². The molecule has 0 atom stereocenters. The molecule has 9 nitrogen and oxygen atoms in total. The average molecular weight is 341 g/mol. The number of hydrogen-bond acceptors (Lipinski definition) is 6. The van der Waals surface area contributed by atoms with Crippen LogP contribution in [-0.4, -0.2) is 32.1 Å². The monoisotopic (exact) mass is 341 g/mol. The van der Waals surface area contributed by atoms with E-state index in [9.17, 15) is 14.4 Å². The van der Waals surface area contributed by atoms with Gasteiger partial charge in [-0.15, -0.1) is 0 Å². The molecule has 2 heterocycles. The highest BCUT2D eigenvalue weighted by Crippen LogP contribution is 2.11. The first-order chi connectivity index (χ1) is 12.0. The minimum atomic E-state index is -0.719. The zero-order chi connectivity index (χ0) is 18.0. The Morgan fingerprint density at radius 3 is 2.44 bits per heavy atom. The molecule has 0 bridgehead atoms. The van der Waals surface area contributed by atoms with Gasteiger partial charge in [0.2, 0.25) is 5.91 Å². The van der Waals surface area contributed by atoms with Gasteiger partial charge in [0, 0.05) is 12.4 Å². The van der Waals surface area contributed by atoms with Gasteiger partial charge in [-0.2, -0.15) is 0 Å². The number of primary amides is 1. The number of methoxy groups -OCH3 is 1. The molecule has 2 aromatic heterocycles. The van der Waals surface area contributed by atoms with Crippen LogP contribution < -0.4 is 21.7 Å². The normalized spacial score (nSPS) is 10.8. The molecule has 0 spiro atoms. The highest BCUT2D eigenvalue weighted by atomic mass is 16.5. The lowest BCUT2D eigenvalue weighted by atomic mass is 10.2. The number of amides is 1. The van der Waals surface area contributed by atoms with Gasteiger partial charge < -0.3 is 10.5 Å². The third-order valence-electron chi connectivity index (χ3n) is 3.66. The van der Waals surface area contributed by atoms with Crippen molar-refractivity contribution in [1.29, 1.82) is 0 Å². The van der Waals surface area contributed by atoms with Crippen LogP contribution in [0.5, 0.6) is 5.75 Å². The van der Waals surface area contributed by atoms with Crippen molar-refractivity contribution >= 4 is 17.1 Å². The van der Waals surface area contributed by atoms with E-state index in [1.807, 2.05) is 0 Å². The van der Waals surface area contributed by atoms with Crippen molar-refractivity contribution in [3.63, 3.8) is 0 Å². The Hall–Kier alpha value is -3.49. The summed E-state index contributed by atoms with van der Waals surface area (Å²) >= 11 is 0. The van der Waals surface area contributed by atoms with Gasteiger partial charge in [-0.05, 0) is 17.7 Å². The summed E-state index contributed by atoms with van der Waals surface area (Å²) in [6.45, 7) is -0.371. The van der Waals surface area contributed by atoms with Crippen LogP contribution in [0.15, 0.2) is 46.2 Å². The number of nitrogens with two attached hydrogens (primary N) is 1. The number of hydrogen-bond donors (Lipinski definition) is 1. The molecule has 0 fully saturated rings. The molecule has 2 N–H and O–H groups in total. The summed E-state index contributed by atoms with van der Waals surface area (Å²) in [5.41, 5.74) is 4.70. The van der Waals surface area contributed by atoms with Crippen LogP contribution in [0.2, 0.25) is 0 Å². The molecule has 0 saturated heterocycles. The van der Waals surface area contributed by atoms with E-state index in [4.69, 9.17) is 10.5 Å². The number of rotatable bonds is 5. The molecule has 9 heteroatoms. The standard InChI is InChI=1S/C16H15N5O4/c1-25-11-4-2-10(3-5-11)8-21-15(23)13-14(19-7-6-18-13)20(16(21)24)9-12(17)22/h2-7H,8-9H2,1H3,(H2,17,22). The van der Waals surface area contributed by atoms with Crippen molar-refractivity contribution < 1.29 is 9.53 Å². The van der Waals surface area contributed by atoms with E-state index in [1.165, 1.54) is 12.4 Å². The molecule has 3 rings (SSSR count). The minimum absolute atomic E-state index is 0.00291. The zero-order valence-electron chi connectivity index (χ0n) is 13.4. The van der Waals surface area contributed by atoms with Gasteiger partial charge in [0.05, 0.1) is 13.7 Å². The van der Waals surface area contributed by atoms with Gasteiger partial charge in [0.1, 0.15) is 12.3 Å². The highest BCUT2D eigenvalue weighted by molar-refractivity contribution is 5.76. The Kier molecular flexibility index (Phi) is 4.29.